The van der Waals surface area contributed by atoms with E-state index in [-0.39, 0.29) is 6.22 Å². The highest BCUT2D eigenvalue weighted by Crippen LogP contribution is 1.72. The first-order valence-corrected chi connectivity index (χ1v) is 1.53. The Morgan fingerprint density at radius 1 is 1.20 bits per heavy atom. The van der Waals surface area contributed by atoms with Gasteiger partial charge in [-0.2, -0.15) is 0 Å². The van der Waals surface area contributed by atoms with Crippen molar-refractivity contribution in [1.29, 1.82) is 0 Å². The summed E-state index contributed by atoms with van der Waals surface area (Å²) in [4.78, 5) is 0. The van der Waals surface area contributed by atoms with E-state index in [4.69, 9.17) is 0 Å². The van der Waals surface area contributed by atoms with E-state index in [9.17, 15) is 8.63 Å². The van der Waals surface area contributed by atoms with E-state index in [2.05, 4.69) is 0 Å². The molecule has 28 valence electrons. The monoisotopic (exact) mass is 76.0 g/mol. The molecule has 0 amide bonds. The fourth-order valence-electron chi connectivity index (χ4n) is 0.0505. The third-order valence-electron chi connectivity index (χ3n) is 0.267. The minimum Gasteiger partial charge on any atom is -0.342 e. The van der Waals surface area contributed by atoms with Gasteiger partial charge >= 0.3 is 15.1 Å². The van der Waals surface area contributed by atoms with Crippen LogP contribution in [0.15, 0.2) is 0 Å². The van der Waals surface area contributed by atoms with Gasteiger partial charge in [0.2, 0.25) is 0 Å². The molecule has 0 bridgehead atoms. The van der Waals surface area contributed by atoms with Crippen LogP contribution in [0.5, 0.6) is 0 Å². The predicted octanol–water partition coefficient (Wildman–Crippen LogP) is 0.00420. The Balaban J connectivity index is 2.19. The highest BCUT2D eigenvalue weighted by molar-refractivity contribution is 6.47. The van der Waals surface area contributed by atoms with Gasteiger partial charge in [-0.1, -0.05) is 0 Å². The lowest BCUT2D eigenvalue weighted by Gasteiger charge is -1.66. The largest absolute Gasteiger partial charge is 0.342 e. The summed E-state index contributed by atoms with van der Waals surface area (Å²) in [6.07, 6.45) is 0.0556. The molecule has 0 saturated carbocycles. The first-order valence-electron chi connectivity index (χ1n) is 1.53. The maximum Gasteiger partial charge on any atom is 0.326 e. The Morgan fingerprint density at radius 2 is 1.60 bits per heavy atom. The molecule has 0 saturated heterocycles. The molecule has 0 unspecified atom stereocenters. The first kappa shape index (κ1) is 4.99. The average molecular weight is 75.7 g/mol. The van der Waals surface area contributed by atoms with E-state index in [1.54, 1.807) is 0 Å². The van der Waals surface area contributed by atoms with E-state index in [0.29, 0.717) is 0 Å². The molecule has 0 nitrogen and oxygen atoms in total. The Kier molecular flexibility index (Phi) is 3.98. The van der Waals surface area contributed by atoms with E-state index >= 15 is 0 Å². The standard InChI is InChI=1S/CH4B2F2/c4-2-1-3-5/h2-3H,1H2. The molecule has 0 fully saturated rings. The van der Waals surface area contributed by atoms with E-state index in [1.807, 2.05) is 0 Å². The minimum absolute atomic E-state index is 0.0556. The zero-order valence-corrected chi connectivity index (χ0v) is 2.88. The molecule has 0 N–H and O–H groups in total. The quantitative estimate of drug-likeness (QED) is 0.406. The zero-order chi connectivity index (χ0) is 4.12. The molecule has 0 atom stereocenters. The summed E-state index contributed by atoms with van der Waals surface area (Å²) >= 11 is 0. The molecule has 0 aliphatic rings. The minimum atomic E-state index is -0.531. The van der Waals surface area contributed by atoms with Crippen LogP contribution in [0.3, 0.4) is 0 Å². The van der Waals surface area contributed by atoms with Gasteiger partial charge in [-0.05, 0) is 6.22 Å². The molecule has 0 heterocycles. The van der Waals surface area contributed by atoms with E-state index in [0.717, 1.165) is 0 Å². The number of halogens is 2. The molecule has 5 heavy (non-hydrogen) atoms. The summed E-state index contributed by atoms with van der Waals surface area (Å²) in [5, 5.41) is 0. The van der Waals surface area contributed by atoms with Crippen molar-refractivity contribution >= 4 is 15.1 Å². The lowest BCUT2D eigenvalue weighted by atomic mass is 9.80. The Hall–Kier alpha value is -0.0101. The van der Waals surface area contributed by atoms with Crippen molar-refractivity contribution in [2.24, 2.45) is 0 Å². The van der Waals surface area contributed by atoms with Crippen LogP contribution in [0, 0.1) is 0 Å². The normalized spacial score (nSPS) is 6.80. The molecule has 0 spiro atoms. The van der Waals surface area contributed by atoms with Crippen LogP contribution in [-0.2, 0) is 0 Å². The first-order chi connectivity index (χ1) is 2.41. The van der Waals surface area contributed by atoms with Gasteiger partial charge in [0, 0.05) is 0 Å². The van der Waals surface area contributed by atoms with Crippen molar-refractivity contribution in [3.05, 3.63) is 0 Å². The van der Waals surface area contributed by atoms with Crippen molar-refractivity contribution in [2.45, 2.75) is 6.22 Å². The SMILES string of the molecule is FBCBF. The van der Waals surface area contributed by atoms with Crippen LogP contribution in [0.2, 0.25) is 6.22 Å². The van der Waals surface area contributed by atoms with Crippen LogP contribution < -0.4 is 0 Å². The molecule has 4 heteroatoms. The maximum atomic E-state index is 10.8. The van der Waals surface area contributed by atoms with Crippen molar-refractivity contribution in [3.63, 3.8) is 0 Å². The molecular formula is CH4B2F2. The Labute approximate surface area is 31.1 Å². The van der Waals surface area contributed by atoms with Gasteiger partial charge in [-0.15, -0.1) is 0 Å². The van der Waals surface area contributed by atoms with Crippen LogP contribution in [0.25, 0.3) is 0 Å². The van der Waals surface area contributed by atoms with Crippen molar-refractivity contribution in [3.8, 4) is 0 Å². The third kappa shape index (κ3) is 3.99. The topological polar surface area (TPSA) is 0 Å². The number of hydrogen-bond donors (Lipinski definition) is 0. The second kappa shape index (κ2) is 3.99. The van der Waals surface area contributed by atoms with Crippen LogP contribution in [0.1, 0.15) is 0 Å². The molecule has 0 radical (unpaired) electrons. The molecule has 0 aliphatic heterocycles. The zero-order valence-electron chi connectivity index (χ0n) is 2.88. The summed E-state index contributed by atoms with van der Waals surface area (Å²) in [5.41, 5.74) is 0. The van der Waals surface area contributed by atoms with Crippen molar-refractivity contribution < 1.29 is 8.63 Å². The smallest absolute Gasteiger partial charge is 0.326 e. The van der Waals surface area contributed by atoms with Gasteiger partial charge in [0.15, 0.2) is 0 Å². The average Bonchev–Trinajstić information content (AvgIpc) is 1.41. The highest BCUT2D eigenvalue weighted by atomic mass is 19.1. The molecular weight excluding hydrogens is 71.6 g/mol. The van der Waals surface area contributed by atoms with Gasteiger partial charge in [0.05, 0.1) is 0 Å². The molecule has 0 aromatic heterocycles. The van der Waals surface area contributed by atoms with Gasteiger partial charge in [0.25, 0.3) is 0 Å². The summed E-state index contributed by atoms with van der Waals surface area (Å²) in [5.74, 6) is 0. The second-order valence-electron chi connectivity index (χ2n) is 0.732. The van der Waals surface area contributed by atoms with Gasteiger partial charge in [0.1, 0.15) is 0 Å². The fraction of sp³-hybridized carbons (Fsp3) is 1.00. The summed E-state index contributed by atoms with van der Waals surface area (Å²) < 4.78 is 21.5. The molecule has 0 rings (SSSR count). The van der Waals surface area contributed by atoms with Gasteiger partial charge in [-0.25, -0.2) is 0 Å². The summed E-state index contributed by atoms with van der Waals surface area (Å²) in [7, 11) is -1.06. The molecule has 0 aromatic rings. The Bertz CT molecular complexity index is 15.1. The summed E-state index contributed by atoms with van der Waals surface area (Å²) in [6.45, 7) is 0. The highest BCUT2D eigenvalue weighted by Gasteiger charge is 1.85. The predicted molar refractivity (Wildman–Crippen MR) is 21.3 cm³/mol. The van der Waals surface area contributed by atoms with Crippen LogP contribution in [0.4, 0.5) is 8.63 Å². The second-order valence-corrected chi connectivity index (χ2v) is 0.732. The number of rotatable bonds is 2. The van der Waals surface area contributed by atoms with Crippen molar-refractivity contribution in [1.82, 2.24) is 0 Å². The fourth-order valence-corrected chi connectivity index (χ4v) is 0.0505. The lowest BCUT2D eigenvalue weighted by Crippen LogP contribution is -1.81. The van der Waals surface area contributed by atoms with E-state index < -0.39 is 15.1 Å². The van der Waals surface area contributed by atoms with Crippen LogP contribution >= 0.6 is 0 Å². The number of hydrogen-bond acceptors (Lipinski definition) is 0. The molecule has 0 aliphatic carbocycles. The summed E-state index contributed by atoms with van der Waals surface area (Å²) in [6, 6.07) is 0. The van der Waals surface area contributed by atoms with E-state index in [1.165, 1.54) is 0 Å². The van der Waals surface area contributed by atoms with Gasteiger partial charge < -0.3 is 8.63 Å². The van der Waals surface area contributed by atoms with Gasteiger partial charge in [-0.3, -0.25) is 0 Å². The maximum absolute atomic E-state index is 10.8. The Morgan fingerprint density at radius 3 is 1.60 bits per heavy atom. The van der Waals surface area contributed by atoms with Crippen LogP contribution in [-0.4, -0.2) is 15.1 Å². The third-order valence-corrected chi connectivity index (χ3v) is 0.267. The lowest BCUT2D eigenvalue weighted by molar-refractivity contribution is 0.848. The van der Waals surface area contributed by atoms with Crippen molar-refractivity contribution in [2.75, 3.05) is 0 Å². The molecule has 0 aromatic carbocycles.